The number of hydrogen-bond donors (Lipinski definition) is 1. The van der Waals surface area contributed by atoms with Crippen molar-refractivity contribution in [2.75, 3.05) is 12.1 Å². The smallest absolute Gasteiger partial charge is 0.189 e. The van der Waals surface area contributed by atoms with Gasteiger partial charge in [-0.3, -0.25) is 4.98 Å². The Morgan fingerprint density at radius 1 is 1.23 bits per heavy atom. The summed E-state index contributed by atoms with van der Waals surface area (Å²) in [6.45, 7) is 4.75. The molecule has 1 N–H and O–H groups in total. The van der Waals surface area contributed by atoms with E-state index in [-0.39, 0.29) is 12.6 Å². The lowest BCUT2D eigenvalue weighted by Crippen LogP contribution is -2.15. The van der Waals surface area contributed by atoms with Gasteiger partial charge < -0.3 is 14.8 Å². The van der Waals surface area contributed by atoms with Crippen molar-refractivity contribution in [2.24, 2.45) is 0 Å². The monoisotopic (exact) mass is 355 g/mol. The SMILES string of the molecule is Cc1cc(C)n(-c2cncc(NCc3cc(F)cc4c3OCOC4)n2)n1. The molecule has 0 aliphatic carbocycles. The summed E-state index contributed by atoms with van der Waals surface area (Å²) in [7, 11) is 0. The molecule has 4 rings (SSSR count). The zero-order valence-corrected chi connectivity index (χ0v) is 14.5. The predicted octanol–water partition coefficient (Wildman–Crippen LogP) is 2.90. The molecule has 1 aromatic carbocycles. The Balaban J connectivity index is 1.57. The van der Waals surface area contributed by atoms with Gasteiger partial charge in [0.2, 0.25) is 0 Å². The molecule has 8 heteroatoms. The second-order valence-corrected chi connectivity index (χ2v) is 6.12. The van der Waals surface area contributed by atoms with E-state index >= 15 is 0 Å². The molecule has 3 heterocycles. The Bertz CT molecular complexity index is 957. The summed E-state index contributed by atoms with van der Waals surface area (Å²) >= 11 is 0. The summed E-state index contributed by atoms with van der Waals surface area (Å²) in [6.07, 6.45) is 3.26. The fraction of sp³-hybridized carbons (Fsp3) is 0.278. The molecule has 0 saturated carbocycles. The van der Waals surface area contributed by atoms with Crippen molar-refractivity contribution in [1.29, 1.82) is 0 Å². The van der Waals surface area contributed by atoms with Crippen LogP contribution in [-0.4, -0.2) is 26.5 Å². The van der Waals surface area contributed by atoms with Crippen LogP contribution in [0.5, 0.6) is 5.75 Å². The number of anilines is 1. The number of benzene rings is 1. The predicted molar refractivity (Wildman–Crippen MR) is 92.6 cm³/mol. The Morgan fingerprint density at radius 2 is 2.12 bits per heavy atom. The molecule has 7 nitrogen and oxygen atoms in total. The maximum atomic E-state index is 13.8. The largest absolute Gasteiger partial charge is 0.467 e. The third-order valence-corrected chi connectivity index (χ3v) is 4.06. The molecule has 1 aliphatic heterocycles. The van der Waals surface area contributed by atoms with Crippen molar-refractivity contribution >= 4 is 5.82 Å². The molecule has 0 saturated heterocycles. The molecule has 0 spiro atoms. The topological polar surface area (TPSA) is 74.1 Å². The lowest BCUT2D eigenvalue weighted by Gasteiger charge is -2.21. The molecule has 1 aliphatic rings. The van der Waals surface area contributed by atoms with Crippen LogP contribution in [0, 0.1) is 19.7 Å². The second-order valence-electron chi connectivity index (χ2n) is 6.12. The summed E-state index contributed by atoms with van der Waals surface area (Å²) in [4.78, 5) is 8.75. The van der Waals surface area contributed by atoms with Crippen LogP contribution in [0.3, 0.4) is 0 Å². The lowest BCUT2D eigenvalue weighted by molar-refractivity contribution is -0.0172. The van der Waals surface area contributed by atoms with Crippen LogP contribution in [0.25, 0.3) is 5.82 Å². The Labute approximate surface area is 149 Å². The first-order valence-electron chi connectivity index (χ1n) is 8.21. The molecule has 0 radical (unpaired) electrons. The molecule has 3 aromatic rings. The third kappa shape index (κ3) is 3.23. The van der Waals surface area contributed by atoms with Gasteiger partial charge >= 0.3 is 0 Å². The molecule has 26 heavy (non-hydrogen) atoms. The van der Waals surface area contributed by atoms with E-state index in [1.54, 1.807) is 17.1 Å². The number of rotatable bonds is 4. The number of fused-ring (bicyclic) bond motifs is 1. The van der Waals surface area contributed by atoms with Gasteiger partial charge in [0, 0.05) is 23.4 Å². The third-order valence-electron chi connectivity index (χ3n) is 4.06. The first-order valence-corrected chi connectivity index (χ1v) is 8.21. The van der Waals surface area contributed by atoms with Crippen LogP contribution in [0.15, 0.2) is 30.6 Å². The van der Waals surface area contributed by atoms with Gasteiger partial charge in [-0.25, -0.2) is 14.1 Å². The minimum absolute atomic E-state index is 0.166. The molecule has 2 aromatic heterocycles. The van der Waals surface area contributed by atoms with Crippen molar-refractivity contribution in [3.63, 3.8) is 0 Å². The summed E-state index contributed by atoms with van der Waals surface area (Å²) in [5, 5.41) is 7.58. The van der Waals surface area contributed by atoms with E-state index in [0.29, 0.717) is 41.7 Å². The van der Waals surface area contributed by atoms with E-state index < -0.39 is 0 Å². The number of hydrogen-bond acceptors (Lipinski definition) is 6. The van der Waals surface area contributed by atoms with Crippen molar-refractivity contribution in [3.8, 4) is 11.6 Å². The van der Waals surface area contributed by atoms with Crippen LogP contribution in [0.4, 0.5) is 10.2 Å². The second kappa shape index (κ2) is 6.72. The van der Waals surface area contributed by atoms with Gasteiger partial charge in [-0.15, -0.1) is 0 Å². The fourth-order valence-corrected chi connectivity index (χ4v) is 2.98. The molecular formula is C18H18FN5O2. The number of ether oxygens (including phenoxy) is 2. The zero-order chi connectivity index (χ0) is 18.1. The van der Waals surface area contributed by atoms with E-state index in [9.17, 15) is 4.39 Å². The Hall–Kier alpha value is -3.00. The van der Waals surface area contributed by atoms with Crippen molar-refractivity contribution in [2.45, 2.75) is 27.0 Å². The standard InChI is InChI=1S/C18H18FN5O2/c1-11-3-12(2)24(23-11)17-8-20-7-16(22-17)21-6-13-4-15(19)5-14-9-25-10-26-18(13)14/h3-5,7-8H,6,9-10H2,1-2H3,(H,21,22). The molecule has 0 unspecified atom stereocenters. The quantitative estimate of drug-likeness (QED) is 0.776. The minimum atomic E-state index is -0.322. The number of aryl methyl sites for hydroxylation is 2. The van der Waals surface area contributed by atoms with Crippen LogP contribution < -0.4 is 10.1 Å². The van der Waals surface area contributed by atoms with Crippen molar-refractivity contribution in [3.05, 3.63) is 58.9 Å². The fourth-order valence-electron chi connectivity index (χ4n) is 2.98. The van der Waals surface area contributed by atoms with Crippen LogP contribution in [-0.2, 0) is 17.9 Å². The molecule has 134 valence electrons. The Kier molecular flexibility index (Phi) is 4.26. The molecule has 0 fully saturated rings. The van der Waals surface area contributed by atoms with Gasteiger partial charge in [0.25, 0.3) is 0 Å². The lowest BCUT2D eigenvalue weighted by atomic mass is 10.1. The van der Waals surface area contributed by atoms with Crippen LogP contribution in [0.2, 0.25) is 0 Å². The van der Waals surface area contributed by atoms with E-state index in [2.05, 4.69) is 20.4 Å². The Morgan fingerprint density at radius 3 is 2.92 bits per heavy atom. The average Bonchev–Trinajstić information content (AvgIpc) is 2.98. The maximum Gasteiger partial charge on any atom is 0.189 e. The first-order chi connectivity index (χ1) is 12.6. The van der Waals surface area contributed by atoms with Gasteiger partial charge in [0.1, 0.15) is 17.4 Å². The van der Waals surface area contributed by atoms with E-state index in [1.807, 2.05) is 19.9 Å². The number of halogens is 1. The number of aromatic nitrogens is 4. The van der Waals surface area contributed by atoms with E-state index in [0.717, 1.165) is 11.4 Å². The highest BCUT2D eigenvalue weighted by Gasteiger charge is 2.17. The van der Waals surface area contributed by atoms with Crippen LogP contribution >= 0.6 is 0 Å². The highest BCUT2D eigenvalue weighted by Crippen LogP contribution is 2.29. The number of nitrogens with zero attached hydrogens (tertiary/aromatic N) is 4. The molecule has 0 bridgehead atoms. The van der Waals surface area contributed by atoms with Gasteiger partial charge in [0.15, 0.2) is 12.6 Å². The number of nitrogens with one attached hydrogen (secondary N) is 1. The van der Waals surface area contributed by atoms with E-state index in [4.69, 9.17) is 9.47 Å². The van der Waals surface area contributed by atoms with Crippen molar-refractivity contribution < 1.29 is 13.9 Å². The van der Waals surface area contributed by atoms with Gasteiger partial charge in [-0.2, -0.15) is 5.10 Å². The first kappa shape index (κ1) is 16.5. The molecule has 0 atom stereocenters. The van der Waals surface area contributed by atoms with Crippen molar-refractivity contribution in [1.82, 2.24) is 19.7 Å². The molecule has 0 amide bonds. The zero-order valence-electron chi connectivity index (χ0n) is 14.5. The summed E-state index contributed by atoms with van der Waals surface area (Å²) in [6, 6.07) is 4.86. The van der Waals surface area contributed by atoms with Gasteiger partial charge in [-0.05, 0) is 32.0 Å². The van der Waals surface area contributed by atoms with Crippen LogP contribution in [0.1, 0.15) is 22.5 Å². The van der Waals surface area contributed by atoms with Gasteiger partial charge in [0.05, 0.1) is 24.7 Å². The highest BCUT2D eigenvalue weighted by atomic mass is 19.1. The maximum absolute atomic E-state index is 13.8. The average molecular weight is 355 g/mol. The summed E-state index contributed by atoms with van der Waals surface area (Å²) < 4.78 is 26.3. The van der Waals surface area contributed by atoms with E-state index in [1.165, 1.54) is 12.1 Å². The summed E-state index contributed by atoms with van der Waals surface area (Å²) in [5.41, 5.74) is 3.30. The van der Waals surface area contributed by atoms with Gasteiger partial charge in [-0.1, -0.05) is 0 Å². The summed E-state index contributed by atoms with van der Waals surface area (Å²) in [5.74, 6) is 1.52. The minimum Gasteiger partial charge on any atom is -0.467 e. The highest BCUT2D eigenvalue weighted by molar-refractivity contribution is 5.45. The molecular weight excluding hydrogens is 337 g/mol. The normalized spacial score (nSPS) is 13.2.